The summed E-state index contributed by atoms with van der Waals surface area (Å²) >= 11 is 0. The molecule has 2 aliphatic rings. The number of sulfonamides is 1. The Morgan fingerprint density at radius 2 is 1.85 bits per heavy atom. The van der Waals surface area contributed by atoms with E-state index in [1.807, 2.05) is 11.0 Å². The molecule has 1 aromatic carbocycles. The molecule has 0 bridgehead atoms. The maximum atomic E-state index is 12.8. The van der Waals surface area contributed by atoms with Crippen LogP contribution in [-0.2, 0) is 14.8 Å². The van der Waals surface area contributed by atoms with Gasteiger partial charge in [0.25, 0.3) is 0 Å². The van der Waals surface area contributed by atoms with Crippen molar-refractivity contribution in [3.63, 3.8) is 0 Å². The van der Waals surface area contributed by atoms with Crippen LogP contribution in [0.4, 0.5) is 0 Å². The van der Waals surface area contributed by atoms with Gasteiger partial charge in [-0.2, -0.15) is 9.57 Å². The molecular formula is C19H25N3O3S. The zero-order valence-corrected chi connectivity index (χ0v) is 15.9. The fourth-order valence-electron chi connectivity index (χ4n) is 4.18. The van der Waals surface area contributed by atoms with Gasteiger partial charge in [0.05, 0.1) is 23.1 Å². The van der Waals surface area contributed by atoms with E-state index in [0.717, 1.165) is 30.1 Å². The molecule has 0 aromatic heterocycles. The van der Waals surface area contributed by atoms with Crippen LogP contribution in [0.25, 0.3) is 0 Å². The fourth-order valence-corrected chi connectivity index (χ4v) is 5.30. The molecular weight excluding hydrogens is 350 g/mol. The normalized spacial score (nSPS) is 23.3. The summed E-state index contributed by atoms with van der Waals surface area (Å²) in [5.41, 5.74) is 0.402. The van der Waals surface area contributed by atoms with Crippen molar-refractivity contribution in [3.8, 4) is 6.07 Å². The molecule has 0 unspecified atom stereocenters. The molecule has 1 aromatic rings. The highest BCUT2D eigenvalue weighted by molar-refractivity contribution is 7.89. The first-order valence-electron chi connectivity index (χ1n) is 9.19. The lowest BCUT2D eigenvalue weighted by atomic mass is 9.78. The Morgan fingerprint density at radius 1 is 1.19 bits per heavy atom. The van der Waals surface area contributed by atoms with Crippen molar-refractivity contribution in [2.45, 2.75) is 49.5 Å². The van der Waals surface area contributed by atoms with E-state index in [1.165, 1.54) is 50.6 Å². The average Bonchev–Trinajstić information content (AvgIpc) is 2.67. The molecule has 1 saturated carbocycles. The van der Waals surface area contributed by atoms with Crippen molar-refractivity contribution in [2.75, 3.05) is 20.1 Å². The van der Waals surface area contributed by atoms with Crippen LogP contribution in [-0.4, -0.2) is 49.7 Å². The number of piperidine rings is 1. The number of benzene rings is 1. The van der Waals surface area contributed by atoms with Crippen LogP contribution in [0.1, 0.15) is 44.1 Å². The van der Waals surface area contributed by atoms with Gasteiger partial charge in [-0.1, -0.05) is 12.8 Å². The summed E-state index contributed by atoms with van der Waals surface area (Å²) in [6.07, 6.45) is 6.75. The number of likely N-dealkylation sites (N-methyl/N-ethyl adjacent to an activating group) is 1. The summed E-state index contributed by atoms with van der Waals surface area (Å²) in [7, 11) is -2.31. The molecule has 2 fully saturated rings. The van der Waals surface area contributed by atoms with Gasteiger partial charge in [0.1, 0.15) is 0 Å². The highest BCUT2D eigenvalue weighted by atomic mass is 32.2. The summed E-state index contributed by atoms with van der Waals surface area (Å²) in [5, 5.41) is 8.84. The van der Waals surface area contributed by atoms with Crippen molar-refractivity contribution in [1.82, 2.24) is 9.21 Å². The minimum absolute atomic E-state index is 0.0981. The first kappa shape index (κ1) is 18.9. The van der Waals surface area contributed by atoms with Gasteiger partial charge in [-0.25, -0.2) is 8.42 Å². The molecule has 1 saturated heterocycles. The van der Waals surface area contributed by atoms with Crippen LogP contribution in [0.15, 0.2) is 29.2 Å². The molecule has 3 rings (SSSR count). The number of fused-ring (bicyclic) bond motifs is 1. The highest BCUT2D eigenvalue weighted by Gasteiger charge is 2.36. The Hall–Kier alpha value is -1.91. The number of rotatable bonds is 4. The van der Waals surface area contributed by atoms with E-state index in [2.05, 4.69) is 0 Å². The van der Waals surface area contributed by atoms with Crippen LogP contribution in [0, 0.1) is 17.2 Å². The molecule has 1 amide bonds. The van der Waals surface area contributed by atoms with Crippen LogP contribution < -0.4 is 0 Å². The monoisotopic (exact) mass is 375 g/mol. The summed E-state index contributed by atoms with van der Waals surface area (Å²) in [5.74, 6) is 0.461. The molecule has 1 aliphatic heterocycles. The zero-order valence-electron chi connectivity index (χ0n) is 15.1. The van der Waals surface area contributed by atoms with Crippen molar-refractivity contribution in [2.24, 2.45) is 5.92 Å². The lowest BCUT2D eigenvalue weighted by Crippen LogP contribution is -2.52. The number of nitriles is 1. The first-order valence-corrected chi connectivity index (χ1v) is 10.6. The van der Waals surface area contributed by atoms with Crippen molar-refractivity contribution in [1.29, 1.82) is 5.26 Å². The Morgan fingerprint density at radius 3 is 2.54 bits per heavy atom. The minimum Gasteiger partial charge on any atom is -0.338 e. The van der Waals surface area contributed by atoms with Gasteiger partial charge in [-0.15, -0.1) is 0 Å². The van der Waals surface area contributed by atoms with Crippen molar-refractivity contribution >= 4 is 15.9 Å². The molecule has 0 N–H and O–H groups in total. The van der Waals surface area contributed by atoms with Gasteiger partial charge < -0.3 is 4.90 Å². The topological polar surface area (TPSA) is 81.5 Å². The largest absolute Gasteiger partial charge is 0.338 e. The van der Waals surface area contributed by atoms with E-state index in [4.69, 9.17) is 5.26 Å². The Bertz CT molecular complexity index is 796. The van der Waals surface area contributed by atoms with E-state index < -0.39 is 10.0 Å². The molecule has 26 heavy (non-hydrogen) atoms. The third-order valence-corrected chi connectivity index (χ3v) is 7.43. The quantitative estimate of drug-likeness (QED) is 0.809. The third kappa shape index (κ3) is 3.76. The fraction of sp³-hybridized carbons (Fsp3) is 0.579. The smallest absolute Gasteiger partial charge is 0.243 e. The maximum Gasteiger partial charge on any atom is 0.243 e. The number of hydrogen-bond donors (Lipinski definition) is 0. The summed E-state index contributed by atoms with van der Waals surface area (Å²) in [6.45, 7) is 0.580. The lowest BCUT2D eigenvalue weighted by molar-refractivity contribution is -0.137. The molecule has 0 radical (unpaired) electrons. The van der Waals surface area contributed by atoms with E-state index >= 15 is 0 Å². The Kier molecular flexibility index (Phi) is 5.64. The van der Waals surface area contributed by atoms with Gasteiger partial charge in [-0.3, -0.25) is 4.79 Å². The molecule has 1 aliphatic carbocycles. The lowest BCUT2D eigenvalue weighted by Gasteiger charge is -2.44. The number of carbonyl (C=O) groups excluding carboxylic acids is 1. The number of carbonyl (C=O) groups is 1. The summed E-state index contributed by atoms with van der Waals surface area (Å²) < 4.78 is 26.5. The Labute approximate surface area is 155 Å². The van der Waals surface area contributed by atoms with Gasteiger partial charge in [0, 0.05) is 19.6 Å². The van der Waals surface area contributed by atoms with E-state index in [9.17, 15) is 13.2 Å². The van der Waals surface area contributed by atoms with Gasteiger partial charge in [0.2, 0.25) is 15.9 Å². The van der Waals surface area contributed by atoms with Crippen LogP contribution in [0.5, 0.6) is 0 Å². The number of nitrogens with zero attached hydrogens (tertiary/aromatic N) is 3. The van der Waals surface area contributed by atoms with E-state index in [0.29, 0.717) is 11.5 Å². The number of hydrogen-bond acceptors (Lipinski definition) is 4. The van der Waals surface area contributed by atoms with Gasteiger partial charge in [-0.05, 0) is 55.9 Å². The standard InChI is InChI=1S/C19H25N3O3S/c1-21(26(24,25)17-10-8-15(13-20)9-11-17)14-19(23)22-12-4-6-16-5-2-3-7-18(16)22/h8-11,16,18H,2-7,12,14H2,1H3/t16-,18-/m0/s1. The summed E-state index contributed by atoms with van der Waals surface area (Å²) in [6, 6.07) is 8.00. The second-order valence-electron chi connectivity index (χ2n) is 7.24. The SMILES string of the molecule is CN(CC(=O)N1CCC[C@@H]2CCCC[C@@H]21)S(=O)(=O)c1ccc(C#N)cc1. The van der Waals surface area contributed by atoms with E-state index in [-0.39, 0.29) is 23.4 Å². The minimum atomic E-state index is -3.75. The zero-order chi connectivity index (χ0) is 18.7. The number of amides is 1. The second-order valence-corrected chi connectivity index (χ2v) is 9.28. The summed E-state index contributed by atoms with van der Waals surface area (Å²) in [4.78, 5) is 14.8. The molecule has 7 heteroatoms. The van der Waals surface area contributed by atoms with Crippen molar-refractivity contribution < 1.29 is 13.2 Å². The van der Waals surface area contributed by atoms with Gasteiger partial charge >= 0.3 is 0 Å². The molecule has 2 atom stereocenters. The molecule has 0 spiro atoms. The van der Waals surface area contributed by atoms with Crippen molar-refractivity contribution in [3.05, 3.63) is 29.8 Å². The molecule has 6 nitrogen and oxygen atoms in total. The third-order valence-electron chi connectivity index (χ3n) is 5.61. The van der Waals surface area contributed by atoms with Crippen LogP contribution in [0.3, 0.4) is 0 Å². The van der Waals surface area contributed by atoms with E-state index in [1.54, 1.807) is 0 Å². The van der Waals surface area contributed by atoms with Crippen LogP contribution >= 0.6 is 0 Å². The number of likely N-dealkylation sites (tertiary alicyclic amines) is 1. The van der Waals surface area contributed by atoms with Crippen LogP contribution in [0.2, 0.25) is 0 Å². The molecule has 140 valence electrons. The predicted octanol–water partition coefficient (Wildman–Crippen LogP) is 2.36. The average molecular weight is 375 g/mol. The second kappa shape index (κ2) is 7.77. The molecule has 1 heterocycles. The predicted molar refractivity (Wildman–Crippen MR) is 97.7 cm³/mol. The van der Waals surface area contributed by atoms with Gasteiger partial charge in [0.15, 0.2) is 0 Å². The highest BCUT2D eigenvalue weighted by Crippen LogP contribution is 2.35. The maximum absolute atomic E-state index is 12.8. The Balaban J connectivity index is 1.70. The first-order chi connectivity index (χ1) is 12.4.